The van der Waals surface area contributed by atoms with E-state index in [9.17, 15) is 0 Å². The molecule has 1 aliphatic carbocycles. The van der Waals surface area contributed by atoms with E-state index in [-0.39, 0.29) is 12.4 Å². The lowest BCUT2D eigenvalue weighted by molar-refractivity contribution is 0.834. The Hall–Kier alpha value is 0.250. The minimum Gasteiger partial charge on any atom is -0.328 e. The summed E-state index contributed by atoms with van der Waals surface area (Å²) in [7, 11) is 0. The summed E-state index contributed by atoms with van der Waals surface area (Å²) in [5, 5.41) is 0. The van der Waals surface area contributed by atoms with Crippen molar-refractivity contribution < 1.29 is 0 Å². The van der Waals surface area contributed by atoms with Gasteiger partial charge in [0.05, 0.1) is 0 Å². The molecule has 1 aliphatic rings. The summed E-state index contributed by atoms with van der Waals surface area (Å²) in [6.45, 7) is 3.89. The molecule has 52 valence electrons. The second-order valence-electron chi connectivity index (χ2n) is 2.30. The van der Waals surface area contributed by atoms with Gasteiger partial charge in [0.25, 0.3) is 0 Å². The van der Waals surface area contributed by atoms with Crippen molar-refractivity contribution in [3.63, 3.8) is 0 Å². The molecule has 0 aromatic rings. The maximum atomic E-state index is 5.11. The Kier molecular flexibility index (Phi) is 10.1. The quantitative estimate of drug-likeness (QED) is 0.543. The zero-order valence-corrected chi connectivity index (χ0v) is 6.50. The fraction of sp³-hybridized carbons (Fsp3) is 1.00. The van der Waals surface area contributed by atoms with Crippen molar-refractivity contribution in [2.24, 2.45) is 5.73 Å². The third-order valence-corrected chi connectivity index (χ3v) is 0.354. The molecule has 8 heavy (non-hydrogen) atoms. The van der Waals surface area contributed by atoms with Crippen LogP contribution in [0.3, 0.4) is 0 Å². The molecular formula is C6H16ClN. The summed E-state index contributed by atoms with van der Waals surface area (Å²) in [6.07, 6.45) is 4.50. The standard InChI is InChI=1S/C3H9N.C3H6.ClH/c1-3(2)4;1-2-3-1;/h3H,4H2,1-2H3;1-3H2;1H. The van der Waals surface area contributed by atoms with E-state index >= 15 is 0 Å². The SMILES string of the molecule is C1CC1.CC(C)N.Cl. The highest BCUT2D eigenvalue weighted by atomic mass is 35.5. The van der Waals surface area contributed by atoms with Gasteiger partial charge in [-0.15, -0.1) is 12.4 Å². The van der Waals surface area contributed by atoms with Crippen molar-refractivity contribution in [2.45, 2.75) is 39.2 Å². The summed E-state index contributed by atoms with van der Waals surface area (Å²) in [4.78, 5) is 0. The minimum atomic E-state index is 0. The molecule has 2 N–H and O–H groups in total. The van der Waals surface area contributed by atoms with Gasteiger partial charge in [-0.3, -0.25) is 0 Å². The van der Waals surface area contributed by atoms with Gasteiger partial charge in [-0.25, -0.2) is 0 Å². The van der Waals surface area contributed by atoms with Crippen molar-refractivity contribution in [3.05, 3.63) is 0 Å². The molecule has 0 aromatic heterocycles. The van der Waals surface area contributed by atoms with Crippen LogP contribution in [-0.2, 0) is 0 Å². The molecule has 0 radical (unpaired) electrons. The van der Waals surface area contributed by atoms with Gasteiger partial charge in [-0.1, -0.05) is 33.1 Å². The minimum absolute atomic E-state index is 0. The van der Waals surface area contributed by atoms with Gasteiger partial charge in [0.15, 0.2) is 0 Å². The highest BCUT2D eigenvalue weighted by Crippen LogP contribution is 2.14. The summed E-state index contributed by atoms with van der Waals surface area (Å²) in [5.41, 5.74) is 5.11. The Morgan fingerprint density at radius 2 is 1.25 bits per heavy atom. The van der Waals surface area contributed by atoms with Crippen LogP contribution >= 0.6 is 12.4 Å². The first-order valence-corrected chi connectivity index (χ1v) is 2.99. The summed E-state index contributed by atoms with van der Waals surface area (Å²) < 4.78 is 0. The molecule has 0 atom stereocenters. The van der Waals surface area contributed by atoms with Crippen molar-refractivity contribution in [1.82, 2.24) is 0 Å². The summed E-state index contributed by atoms with van der Waals surface area (Å²) in [6, 6.07) is 0.333. The van der Waals surface area contributed by atoms with Gasteiger partial charge < -0.3 is 5.73 Å². The lowest BCUT2D eigenvalue weighted by Crippen LogP contribution is -2.06. The number of nitrogens with two attached hydrogens (primary N) is 1. The Morgan fingerprint density at radius 1 is 1.12 bits per heavy atom. The molecule has 0 heterocycles. The smallest absolute Gasteiger partial charge is 0.00179 e. The van der Waals surface area contributed by atoms with Crippen molar-refractivity contribution >= 4 is 12.4 Å². The van der Waals surface area contributed by atoms with Crippen LogP contribution < -0.4 is 5.73 Å². The molecule has 1 saturated carbocycles. The van der Waals surface area contributed by atoms with Crippen molar-refractivity contribution in [3.8, 4) is 0 Å². The lowest BCUT2D eigenvalue weighted by Gasteiger charge is -1.81. The predicted octanol–water partition coefficient (Wildman–Crippen LogP) is 1.95. The molecule has 0 aromatic carbocycles. The van der Waals surface area contributed by atoms with Crippen LogP contribution in [0.1, 0.15) is 33.1 Å². The largest absolute Gasteiger partial charge is 0.328 e. The molecular weight excluding hydrogens is 122 g/mol. The maximum Gasteiger partial charge on any atom is -0.00179 e. The number of rotatable bonds is 0. The monoisotopic (exact) mass is 137 g/mol. The van der Waals surface area contributed by atoms with E-state index in [2.05, 4.69) is 0 Å². The van der Waals surface area contributed by atoms with Crippen LogP contribution in [0.2, 0.25) is 0 Å². The zero-order chi connectivity index (χ0) is 5.70. The van der Waals surface area contributed by atoms with Crippen LogP contribution in [0.4, 0.5) is 0 Å². The highest BCUT2D eigenvalue weighted by Gasteiger charge is 1.95. The fourth-order valence-electron chi connectivity index (χ4n) is 0. The van der Waals surface area contributed by atoms with Gasteiger partial charge in [-0.2, -0.15) is 0 Å². The lowest BCUT2D eigenvalue weighted by atomic mass is 10.5. The molecule has 2 heteroatoms. The first kappa shape index (κ1) is 11.1. The van der Waals surface area contributed by atoms with Crippen molar-refractivity contribution in [1.29, 1.82) is 0 Å². The summed E-state index contributed by atoms with van der Waals surface area (Å²) >= 11 is 0. The molecule has 1 fully saturated rings. The average molecular weight is 138 g/mol. The Morgan fingerprint density at radius 3 is 1.25 bits per heavy atom. The molecule has 0 amide bonds. The number of hydrogen-bond acceptors (Lipinski definition) is 1. The van der Waals surface area contributed by atoms with E-state index in [0.717, 1.165) is 0 Å². The fourth-order valence-corrected chi connectivity index (χ4v) is 0. The second-order valence-corrected chi connectivity index (χ2v) is 2.30. The topological polar surface area (TPSA) is 26.0 Å². The molecule has 1 rings (SSSR count). The van der Waals surface area contributed by atoms with Gasteiger partial charge in [0, 0.05) is 0 Å². The highest BCUT2D eigenvalue weighted by molar-refractivity contribution is 5.85. The zero-order valence-electron chi connectivity index (χ0n) is 5.68. The predicted molar refractivity (Wildman–Crippen MR) is 40.4 cm³/mol. The van der Waals surface area contributed by atoms with Crippen LogP contribution in [0.15, 0.2) is 0 Å². The van der Waals surface area contributed by atoms with Crippen LogP contribution in [0, 0.1) is 0 Å². The number of halogens is 1. The molecule has 0 unspecified atom stereocenters. The maximum absolute atomic E-state index is 5.11. The van der Waals surface area contributed by atoms with Gasteiger partial charge in [0.2, 0.25) is 0 Å². The average Bonchev–Trinajstić information content (AvgIpc) is 2.02. The third-order valence-electron chi connectivity index (χ3n) is 0.354. The Labute approximate surface area is 58.1 Å². The number of hydrogen-bond donors (Lipinski definition) is 1. The van der Waals surface area contributed by atoms with E-state index in [1.807, 2.05) is 13.8 Å². The van der Waals surface area contributed by atoms with E-state index in [1.54, 1.807) is 0 Å². The summed E-state index contributed by atoms with van der Waals surface area (Å²) in [5.74, 6) is 0. The molecule has 1 nitrogen and oxygen atoms in total. The third kappa shape index (κ3) is 110. The molecule has 0 spiro atoms. The first-order chi connectivity index (χ1) is 3.23. The Bertz CT molecular complexity index is 30.0. The Balaban J connectivity index is 0. The van der Waals surface area contributed by atoms with E-state index in [1.165, 1.54) is 19.3 Å². The van der Waals surface area contributed by atoms with E-state index in [0.29, 0.717) is 6.04 Å². The van der Waals surface area contributed by atoms with E-state index < -0.39 is 0 Å². The molecule has 0 saturated heterocycles. The van der Waals surface area contributed by atoms with E-state index in [4.69, 9.17) is 5.73 Å². The van der Waals surface area contributed by atoms with Crippen molar-refractivity contribution in [2.75, 3.05) is 0 Å². The molecule has 0 bridgehead atoms. The normalized spacial score (nSPS) is 13.5. The molecule has 0 aliphatic heterocycles. The van der Waals surface area contributed by atoms with Crippen LogP contribution in [0.5, 0.6) is 0 Å². The van der Waals surface area contributed by atoms with Crippen LogP contribution in [0.25, 0.3) is 0 Å². The van der Waals surface area contributed by atoms with Crippen LogP contribution in [-0.4, -0.2) is 6.04 Å². The second kappa shape index (κ2) is 7.25. The first-order valence-electron chi connectivity index (χ1n) is 2.99. The van der Waals surface area contributed by atoms with Gasteiger partial charge in [-0.05, 0) is 6.04 Å². The van der Waals surface area contributed by atoms with Gasteiger partial charge in [0.1, 0.15) is 0 Å². The van der Waals surface area contributed by atoms with Gasteiger partial charge >= 0.3 is 0 Å².